The van der Waals surface area contributed by atoms with Crippen molar-refractivity contribution in [3.05, 3.63) is 71.3 Å². The van der Waals surface area contributed by atoms with Gasteiger partial charge in [-0.3, -0.25) is 14.6 Å². The number of benzene rings is 2. The Kier molecular flexibility index (Phi) is 8.47. The second kappa shape index (κ2) is 11.3. The van der Waals surface area contributed by atoms with Gasteiger partial charge in [0, 0.05) is 37.8 Å². The minimum absolute atomic E-state index is 0.0398. The zero-order chi connectivity index (χ0) is 21.3. The molecule has 4 heteroatoms. The molecule has 1 aliphatic heterocycles. The lowest BCUT2D eigenvalue weighted by molar-refractivity contribution is 0.0930. The molecule has 3 rings (SSSR count). The van der Waals surface area contributed by atoms with Gasteiger partial charge in [-0.05, 0) is 69.0 Å². The van der Waals surface area contributed by atoms with E-state index in [1.807, 2.05) is 12.1 Å². The third kappa shape index (κ3) is 6.68. The number of piperidine rings is 1. The van der Waals surface area contributed by atoms with Crippen LogP contribution in [0.3, 0.4) is 0 Å². The van der Waals surface area contributed by atoms with Gasteiger partial charge in [-0.15, -0.1) is 0 Å². The summed E-state index contributed by atoms with van der Waals surface area (Å²) < 4.78 is 0. The molecule has 4 nitrogen and oxygen atoms in total. The first kappa shape index (κ1) is 22.5. The molecule has 0 bridgehead atoms. The second-order valence-corrected chi connectivity index (χ2v) is 8.79. The molecular weight excluding hydrogens is 370 g/mol. The summed E-state index contributed by atoms with van der Waals surface area (Å²) in [6, 6.07) is 19.3. The normalized spacial score (nSPS) is 17.4. The van der Waals surface area contributed by atoms with Crippen LogP contribution in [0.25, 0.3) is 0 Å². The Bertz CT molecular complexity index is 773. The van der Waals surface area contributed by atoms with Gasteiger partial charge in [-0.25, -0.2) is 0 Å². The summed E-state index contributed by atoms with van der Waals surface area (Å²) in [6.07, 6.45) is 2.39. The fourth-order valence-corrected chi connectivity index (χ4v) is 4.30. The maximum Gasteiger partial charge on any atom is 0.251 e. The lowest BCUT2D eigenvalue weighted by Crippen LogP contribution is -2.40. The molecule has 0 spiro atoms. The van der Waals surface area contributed by atoms with Crippen molar-refractivity contribution in [3.63, 3.8) is 0 Å². The molecule has 30 heavy (non-hydrogen) atoms. The Morgan fingerprint density at radius 1 is 1.10 bits per heavy atom. The molecule has 1 aliphatic rings. The van der Waals surface area contributed by atoms with Gasteiger partial charge in [0.25, 0.3) is 5.91 Å². The van der Waals surface area contributed by atoms with Gasteiger partial charge >= 0.3 is 0 Å². The number of hydrogen-bond acceptors (Lipinski definition) is 3. The molecule has 2 aromatic rings. The molecule has 0 saturated carbocycles. The monoisotopic (exact) mass is 407 g/mol. The SMILES string of the molecule is CCN(Cc1ccc(C(=O)NCC2CCCN(Cc3ccccc3)C2)cc1)C(C)C. The summed E-state index contributed by atoms with van der Waals surface area (Å²) in [5.74, 6) is 0.563. The molecular formula is C26H37N3O. The predicted octanol–water partition coefficient (Wildman–Crippen LogP) is 4.56. The second-order valence-electron chi connectivity index (χ2n) is 8.79. The van der Waals surface area contributed by atoms with E-state index in [4.69, 9.17) is 0 Å². The third-order valence-electron chi connectivity index (χ3n) is 6.14. The number of likely N-dealkylation sites (tertiary alicyclic amines) is 1. The number of hydrogen-bond donors (Lipinski definition) is 1. The summed E-state index contributed by atoms with van der Waals surface area (Å²) in [5, 5.41) is 3.17. The van der Waals surface area contributed by atoms with Crippen LogP contribution in [0.4, 0.5) is 0 Å². The Morgan fingerprint density at radius 3 is 2.50 bits per heavy atom. The van der Waals surface area contributed by atoms with Crippen molar-refractivity contribution in [2.75, 3.05) is 26.2 Å². The van der Waals surface area contributed by atoms with Crippen molar-refractivity contribution in [3.8, 4) is 0 Å². The zero-order valence-electron chi connectivity index (χ0n) is 18.8. The topological polar surface area (TPSA) is 35.6 Å². The van der Waals surface area contributed by atoms with Crippen LogP contribution >= 0.6 is 0 Å². The summed E-state index contributed by atoms with van der Waals surface area (Å²) in [4.78, 5) is 17.6. The van der Waals surface area contributed by atoms with Gasteiger partial charge < -0.3 is 5.32 Å². The number of amides is 1. The van der Waals surface area contributed by atoms with Gasteiger partial charge in [0.2, 0.25) is 0 Å². The average molecular weight is 408 g/mol. The molecule has 1 N–H and O–H groups in total. The lowest BCUT2D eigenvalue weighted by atomic mass is 9.97. The van der Waals surface area contributed by atoms with Gasteiger partial charge in [0.1, 0.15) is 0 Å². The van der Waals surface area contributed by atoms with Crippen LogP contribution < -0.4 is 5.32 Å². The van der Waals surface area contributed by atoms with E-state index in [9.17, 15) is 4.79 Å². The van der Waals surface area contributed by atoms with Crippen molar-refractivity contribution >= 4 is 5.91 Å². The smallest absolute Gasteiger partial charge is 0.251 e. The van der Waals surface area contributed by atoms with E-state index in [0.717, 1.165) is 44.8 Å². The number of carbonyl (C=O) groups excluding carboxylic acids is 1. The van der Waals surface area contributed by atoms with Crippen molar-refractivity contribution < 1.29 is 4.79 Å². The highest BCUT2D eigenvalue weighted by Gasteiger charge is 2.20. The molecule has 2 aromatic carbocycles. The minimum atomic E-state index is 0.0398. The van der Waals surface area contributed by atoms with Crippen LogP contribution in [0.15, 0.2) is 54.6 Å². The molecule has 162 valence electrons. The van der Waals surface area contributed by atoms with Crippen LogP contribution in [-0.4, -0.2) is 47.9 Å². The van der Waals surface area contributed by atoms with Crippen molar-refractivity contribution in [2.45, 2.75) is 52.7 Å². The lowest BCUT2D eigenvalue weighted by Gasteiger charge is -2.32. The minimum Gasteiger partial charge on any atom is -0.352 e. The molecule has 0 radical (unpaired) electrons. The summed E-state index contributed by atoms with van der Waals surface area (Å²) >= 11 is 0. The fraction of sp³-hybridized carbons (Fsp3) is 0.500. The zero-order valence-corrected chi connectivity index (χ0v) is 18.8. The molecule has 1 unspecified atom stereocenters. The first-order valence-electron chi connectivity index (χ1n) is 11.4. The van der Waals surface area contributed by atoms with Crippen LogP contribution in [0.1, 0.15) is 55.1 Å². The van der Waals surface area contributed by atoms with Crippen LogP contribution in [-0.2, 0) is 13.1 Å². The van der Waals surface area contributed by atoms with Crippen molar-refractivity contribution in [2.24, 2.45) is 5.92 Å². The maximum absolute atomic E-state index is 12.6. The first-order chi connectivity index (χ1) is 14.5. The van der Waals surface area contributed by atoms with Crippen LogP contribution in [0, 0.1) is 5.92 Å². The highest BCUT2D eigenvalue weighted by atomic mass is 16.1. The van der Waals surface area contributed by atoms with E-state index < -0.39 is 0 Å². The van der Waals surface area contributed by atoms with Crippen LogP contribution in [0.2, 0.25) is 0 Å². The van der Waals surface area contributed by atoms with E-state index >= 15 is 0 Å². The maximum atomic E-state index is 12.6. The molecule has 0 aromatic heterocycles. The van der Waals surface area contributed by atoms with Crippen molar-refractivity contribution in [1.82, 2.24) is 15.1 Å². The quantitative estimate of drug-likeness (QED) is 0.662. The van der Waals surface area contributed by atoms with Gasteiger partial charge in [0.05, 0.1) is 0 Å². The molecule has 1 fully saturated rings. The Balaban J connectivity index is 1.46. The standard InChI is InChI=1S/C26H37N3O/c1-4-29(21(2)3)20-23-12-14-25(15-13-23)26(30)27-17-24-11-8-16-28(19-24)18-22-9-6-5-7-10-22/h5-7,9-10,12-15,21,24H,4,8,11,16-20H2,1-3H3,(H,27,30). The van der Waals surface area contributed by atoms with Gasteiger partial charge in [0.15, 0.2) is 0 Å². The van der Waals surface area contributed by atoms with Gasteiger partial charge in [-0.1, -0.05) is 49.4 Å². The summed E-state index contributed by atoms with van der Waals surface area (Å²) in [6.45, 7) is 12.5. The summed E-state index contributed by atoms with van der Waals surface area (Å²) in [7, 11) is 0. The van der Waals surface area contributed by atoms with E-state index in [1.165, 1.54) is 24.0 Å². The fourth-order valence-electron chi connectivity index (χ4n) is 4.30. The van der Waals surface area contributed by atoms with Gasteiger partial charge in [-0.2, -0.15) is 0 Å². The Morgan fingerprint density at radius 2 is 1.83 bits per heavy atom. The highest BCUT2D eigenvalue weighted by molar-refractivity contribution is 5.94. The molecule has 0 aliphatic carbocycles. The van der Waals surface area contributed by atoms with E-state index in [1.54, 1.807) is 0 Å². The number of nitrogens with zero attached hydrogens (tertiary/aromatic N) is 2. The average Bonchev–Trinajstić information content (AvgIpc) is 2.77. The Labute approximate surface area is 182 Å². The number of carbonyl (C=O) groups is 1. The third-order valence-corrected chi connectivity index (χ3v) is 6.14. The molecule has 1 saturated heterocycles. The predicted molar refractivity (Wildman–Crippen MR) is 124 cm³/mol. The molecule has 1 amide bonds. The first-order valence-corrected chi connectivity index (χ1v) is 11.4. The number of nitrogens with one attached hydrogen (secondary N) is 1. The largest absolute Gasteiger partial charge is 0.352 e. The van der Waals surface area contributed by atoms with E-state index in [2.05, 4.69) is 78.4 Å². The summed E-state index contributed by atoms with van der Waals surface area (Å²) in [5.41, 5.74) is 3.37. The van der Waals surface area contributed by atoms with E-state index in [-0.39, 0.29) is 5.91 Å². The number of rotatable bonds is 9. The highest BCUT2D eigenvalue weighted by Crippen LogP contribution is 2.18. The Hall–Kier alpha value is -2.17. The van der Waals surface area contributed by atoms with Crippen molar-refractivity contribution in [1.29, 1.82) is 0 Å². The van der Waals surface area contributed by atoms with Crippen LogP contribution in [0.5, 0.6) is 0 Å². The molecule has 1 atom stereocenters. The molecule has 1 heterocycles. The van der Waals surface area contributed by atoms with E-state index in [0.29, 0.717) is 12.0 Å².